The Kier molecular flexibility index (Phi) is 6.77. The summed E-state index contributed by atoms with van der Waals surface area (Å²) in [4.78, 5) is 0. The summed E-state index contributed by atoms with van der Waals surface area (Å²) >= 11 is 0. The van der Waals surface area contributed by atoms with E-state index in [2.05, 4.69) is 0 Å². The molecule has 0 spiro atoms. The molecule has 2 aromatic rings. The van der Waals surface area contributed by atoms with Crippen molar-refractivity contribution >= 4 is 8.25 Å². The summed E-state index contributed by atoms with van der Waals surface area (Å²) in [5, 5.41) is 0. The van der Waals surface area contributed by atoms with E-state index < -0.39 is 20.8 Å². The lowest BCUT2D eigenvalue weighted by molar-refractivity contribution is -0.0930. The largest absolute Gasteiger partial charge is 0.351 e. The van der Waals surface area contributed by atoms with Crippen molar-refractivity contribution in [3.63, 3.8) is 0 Å². The van der Waals surface area contributed by atoms with Gasteiger partial charge in [-0.3, -0.25) is 13.6 Å². The molecule has 0 aromatic heterocycles. The average Bonchev–Trinajstić information content (AvgIpc) is 2.59. The standard InChI is InChI=1S/C16H19O5P/c1-18-15(13-9-5-3-6-10-13)20-22(17)21-16(19-2)14-11-7-4-8-12-14/h3-12,15-16,22H,1-2H3. The third-order valence-corrected chi connectivity index (χ3v) is 3.79. The van der Waals surface area contributed by atoms with E-state index in [9.17, 15) is 4.57 Å². The molecular weight excluding hydrogens is 303 g/mol. The Hall–Kier alpha value is -1.49. The highest BCUT2D eigenvalue weighted by molar-refractivity contribution is 7.33. The topological polar surface area (TPSA) is 54.0 Å². The molecule has 0 aliphatic rings. The first-order chi connectivity index (χ1) is 10.7. The van der Waals surface area contributed by atoms with Gasteiger partial charge in [0.1, 0.15) is 0 Å². The van der Waals surface area contributed by atoms with Crippen LogP contribution in [0.5, 0.6) is 0 Å². The molecule has 0 aliphatic heterocycles. The summed E-state index contributed by atoms with van der Waals surface area (Å²) in [5.41, 5.74) is 1.53. The van der Waals surface area contributed by atoms with Crippen molar-refractivity contribution < 1.29 is 23.1 Å². The molecule has 22 heavy (non-hydrogen) atoms. The lowest BCUT2D eigenvalue weighted by Crippen LogP contribution is -2.06. The van der Waals surface area contributed by atoms with Gasteiger partial charge in [-0.25, -0.2) is 0 Å². The first kappa shape index (κ1) is 16.9. The molecule has 0 amide bonds. The highest BCUT2D eigenvalue weighted by Crippen LogP contribution is 2.38. The molecule has 2 rings (SSSR count). The van der Waals surface area contributed by atoms with Crippen molar-refractivity contribution in [2.75, 3.05) is 14.2 Å². The van der Waals surface area contributed by atoms with Crippen LogP contribution < -0.4 is 0 Å². The minimum Gasteiger partial charge on any atom is -0.351 e. The van der Waals surface area contributed by atoms with Crippen LogP contribution in [0, 0.1) is 0 Å². The number of hydrogen-bond acceptors (Lipinski definition) is 5. The van der Waals surface area contributed by atoms with E-state index in [0.717, 1.165) is 11.1 Å². The first-order valence-electron chi connectivity index (χ1n) is 6.77. The van der Waals surface area contributed by atoms with Crippen LogP contribution in [0.4, 0.5) is 0 Å². The fourth-order valence-corrected chi connectivity index (χ4v) is 2.80. The number of rotatable bonds is 8. The van der Waals surface area contributed by atoms with Gasteiger partial charge in [0.25, 0.3) is 0 Å². The first-order valence-corrected chi connectivity index (χ1v) is 8.00. The Morgan fingerprint density at radius 2 is 1.09 bits per heavy atom. The van der Waals surface area contributed by atoms with Crippen molar-refractivity contribution in [2.45, 2.75) is 12.6 Å². The molecule has 0 aliphatic carbocycles. The number of benzene rings is 2. The zero-order valence-electron chi connectivity index (χ0n) is 12.5. The quantitative estimate of drug-likeness (QED) is 0.541. The molecule has 0 saturated heterocycles. The Balaban J connectivity index is 1.99. The average molecular weight is 322 g/mol. The van der Waals surface area contributed by atoms with Gasteiger partial charge in [-0.2, -0.15) is 0 Å². The lowest BCUT2D eigenvalue weighted by Gasteiger charge is -2.19. The molecule has 0 saturated carbocycles. The van der Waals surface area contributed by atoms with E-state index in [1.54, 1.807) is 0 Å². The number of ether oxygens (including phenoxy) is 2. The van der Waals surface area contributed by atoms with Crippen molar-refractivity contribution in [1.29, 1.82) is 0 Å². The van der Waals surface area contributed by atoms with Crippen LogP contribution in [0.1, 0.15) is 23.7 Å². The van der Waals surface area contributed by atoms with Crippen LogP contribution in [-0.2, 0) is 23.1 Å². The summed E-state index contributed by atoms with van der Waals surface area (Å²) < 4.78 is 33.3. The van der Waals surface area contributed by atoms with Crippen LogP contribution in [0.3, 0.4) is 0 Å². The molecule has 0 bridgehead atoms. The Labute approximate surface area is 130 Å². The van der Waals surface area contributed by atoms with Gasteiger partial charge in [0.15, 0.2) is 12.6 Å². The van der Waals surface area contributed by atoms with Crippen molar-refractivity contribution in [1.82, 2.24) is 0 Å². The zero-order valence-corrected chi connectivity index (χ0v) is 13.5. The normalized spacial score (nSPS) is 15.2. The third kappa shape index (κ3) is 4.77. The van der Waals surface area contributed by atoms with Gasteiger partial charge in [0.2, 0.25) is 0 Å². The van der Waals surface area contributed by atoms with Crippen LogP contribution in [-0.4, -0.2) is 14.2 Å². The molecule has 0 radical (unpaired) electrons. The Morgan fingerprint density at radius 3 is 1.41 bits per heavy atom. The maximum Gasteiger partial charge on any atom is 0.324 e. The SMILES string of the molecule is COC(O[PH](=O)OC(OC)c1ccccc1)c1ccccc1. The van der Waals surface area contributed by atoms with Gasteiger partial charge < -0.3 is 9.47 Å². The molecule has 0 N–H and O–H groups in total. The summed E-state index contributed by atoms with van der Waals surface area (Å²) in [6.45, 7) is 0. The monoisotopic (exact) mass is 322 g/mol. The van der Waals surface area contributed by atoms with Crippen molar-refractivity contribution in [3.05, 3.63) is 71.8 Å². The second-order valence-corrected chi connectivity index (χ2v) is 5.41. The van der Waals surface area contributed by atoms with E-state index in [-0.39, 0.29) is 0 Å². The zero-order chi connectivity index (χ0) is 15.8. The predicted octanol–water partition coefficient (Wildman–Crippen LogP) is 4.10. The van der Waals surface area contributed by atoms with Gasteiger partial charge in [0, 0.05) is 25.3 Å². The van der Waals surface area contributed by atoms with Crippen LogP contribution in [0.15, 0.2) is 60.7 Å². The van der Waals surface area contributed by atoms with Gasteiger partial charge >= 0.3 is 8.25 Å². The molecule has 2 atom stereocenters. The molecule has 0 heterocycles. The van der Waals surface area contributed by atoms with E-state index in [4.69, 9.17) is 18.5 Å². The second-order valence-electron chi connectivity index (χ2n) is 4.44. The fraction of sp³-hybridized carbons (Fsp3) is 0.250. The lowest BCUT2D eigenvalue weighted by atomic mass is 10.2. The molecule has 2 unspecified atom stereocenters. The minimum atomic E-state index is -2.81. The summed E-state index contributed by atoms with van der Waals surface area (Å²) in [5.74, 6) is 0. The van der Waals surface area contributed by atoms with Crippen LogP contribution in [0.2, 0.25) is 0 Å². The summed E-state index contributed by atoms with van der Waals surface area (Å²) in [6.07, 6.45) is -1.50. The smallest absolute Gasteiger partial charge is 0.324 e. The van der Waals surface area contributed by atoms with E-state index in [1.165, 1.54) is 14.2 Å². The van der Waals surface area contributed by atoms with E-state index >= 15 is 0 Å². The third-order valence-electron chi connectivity index (χ3n) is 2.98. The van der Waals surface area contributed by atoms with E-state index in [0.29, 0.717) is 0 Å². The fourth-order valence-electron chi connectivity index (χ4n) is 1.93. The molecular formula is C16H19O5P. The van der Waals surface area contributed by atoms with Gasteiger partial charge in [-0.05, 0) is 0 Å². The van der Waals surface area contributed by atoms with E-state index in [1.807, 2.05) is 60.7 Å². The second kappa shape index (κ2) is 8.83. The molecule has 5 nitrogen and oxygen atoms in total. The van der Waals surface area contributed by atoms with Crippen LogP contribution in [0.25, 0.3) is 0 Å². The highest BCUT2D eigenvalue weighted by atomic mass is 31.1. The minimum absolute atomic E-state index is 0.749. The summed E-state index contributed by atoms with van der Waals surface area (Å²) in [6, 6.07) is 18.5. The maximum absolute atomic E-state index is 12.1. The number of hydrogen-bond donors (Lipinski definition) is 0. The molecule has 2 aromatic carbocycles. The summed E-state index contributed by atoms with van der Waals surface area (Å²) in [7, 11) is 0.162. The molecule has 118 valence electrons. The Morgan fingerprint density at radius 1 is 0.727 bits per heavy atom. The van der Waals surface area contributed by atoms with Crippen LogP contribution >= 0.6 is 8.25 Å². The molecule has 6 heteroatoms. The van der Waals surface area contributed by atoms with Gasteiger partial charge in [-0.1, -0.05) is 60.7 Å². The maximum atomic E-state index is 12.1. The Bertz CT molecular complexity index is 524. The van der Waals surface area contributed by atoms with Crippen molar-refractivity contribution in [3.8, 4) is 0 Å². The van der Waals surface area contributed by atoms with Crippen molar-refractivity contribution in [2.24, 2.45) is 0 Å². The predicted molar refractivity (Wildman–Crippen MR) is 83.6 cm³/mol. The molecule has 0 fully saturated rings. The number of methoxy groups -OCH3 is 2. The van der Waals surface area contributed by atoms with Gasteiger partial charge in [-0.15, -0.1) is 0 Å². The van der Waals surface area contributed by atoms with Gasteiger partial charge in [0.05, 0.1) is 0 Å². The highest BCUT2D eigenvalue weighted by Gasteiger charge is 2.19.